The second-order valence-corrected chi connectivity index (χ2v) is 5.66. The van der Waals surface area contributed by atoms with Crippen LogP contribution in [0.25, 0.3) is 11.3 Å². The van der Waals surface area contributed by atoms with Crippen molar-refractivity contribution >= 4 is 5.91 Å². The fourth-order valence-corrected chi connectivity index (χ4v) is 2.32. The van der Waals surface area contributed by atoms with Gasteiger partial charge in [-0.3, -0.25) is 9.89 Å². The SMILES string of the molecule is CCN(C[C@@H](C)O)C(=O)c1cc(-c2ccc(C)c(C)c2)n[nH]1. The van der Waals surface area contributed by atoms with Gasteiger partial charge in [0.05, 0.1) is 11.8 Å². The second-order valence-electron chi connectivity index (χ2n) is 5.66. The first-order valence-corrected chi connectivity index (χ1v) is 7.52. The summed E-state index contributed by atoms with van der Waals surface area (Å²) < 4.78 is 0. The van der Waals surface area contributed by atoms with Gasteiger partial charge in [0.1, 0.15) is 5.69 Å². The number of nitrogens with zero attached hydrogens (tertiary/aromatic N) is 2. The van der Waals surface area contributed by atoms with Crippen LogP contribution in [0.15, 0.2) is 24.3 Å². The minimum Gasteiger partial charge on any atom is -0.392 e. The molecule has 1 atom stereocenters. The number of hydrogen-bond donors (Lipinski definition) is 2. The number of aliphatic hydroxyl groups is 1. The van der Waals surface area contributed by atoms with Gasteiger partial charge in [-0.25, -0.2) is 0 Å². The molecule has 22 heavy (non-hydrogen) atoms. The molecule has 0 aliphatic heterocycles. The van der Waals surface area contributed by atoms with Gasteiger partial charge < -0.3 is 10.0 Å². The molecule has 0 spiro atoms. The van der Waals surface area contributed by atoms with Gasteiger partial charge in [-0.05, 0) is 51.0 Å². The number of aromatic nitrogens is 2. The van der Waals surface area contributed by atoms with Gasteiger partial charge in [-0.15, -0.1) is 0 Å². The summed E-state index contributed by atoms with van der Waals surface area (Å²) in [6.07, 6.45) is -0.550. The molecule has 5 heteroatoms. The molecular weight excluding hydrogens is 278 g/mol. The van der Waals surface area contributed by atoms with E-state index in [0.29, 0.717) is 18.8 Å². The fraction of sp³-hybridized carbons (Fsp3) is 0.412. The van der Waals surface area contributed by atoms with E-state index in [1.165, 1.54) is 11.1 Å². The number of aromatic amines is 1. The number of hydrogen-bond acceptors (Lipinski definition) is 3. The molecule has 0 radical (unpaired) electrons. The maximum absolute atomic E-state index is 12.4. The molecule has 118 valence electrons. The van der Waals surface area contributed by atoms with Crippen LogP contribution in [-0.2, 0) is 0 Å². The van der Waals surface area contributed by atoms with E-state index < -0.39 is 6.10 Å². The predicted molar refractivity (Wildman–Crippen MR) is 86.8 cm³/mol. The number of aliphatic hydroxyl groups excluding tert-OH is 1. The maximum atomic E-state index is 12.4. The van der Waals surface area contributed by atoms with Crippen LogP contribution >= 0.6 is 0 Å². The van der Waals surface area contributed by atoms with E-state index in [-0.39, 0.29) is 5.91 Å². The average Bonchev–Trinajstić information content (AvgIpc) is 2.96. The van der Waals surface area contributed by atoms with E-state index >= 15 is 0 Å². The Bertz CT molecular complexity index is 662. The lowest BCUT2D eigenvalue weighted by atomic mass is 10.0. The third-order valence-electron chi connectivity index (χ3n) is 3.76. The van der Waals surface area contributed by atoms with Crippen molar-refractivity contribution in [2.45, 2.75) is 33.8 Å². The van der Waals surface area contributed by atoms with Crippen molar-refractivity contribution < 1.29 is 9.90 Å². The fourth-order valence-electron chi connectivity index (χ4n) is 2.32. The van der Waals surface area contributed by atoms with Gasteiger partial charge in [0.15, 0.2) is 0 Å². The minimum absolute atomic E-state index is 0.147. The lowest BCUT2D eigenvalue weighted by Gasteiger charge is -2.21. The Kier molecular flexibility index (Phi) is 4.98. The highest BCUT2D eigenvalue weighted by atomic mass is 16.3. The standard InChI is InChI=1S/C17H23N3O2/c1-5-20(10-13(4)21)17(22)16-9-15(18-19-16)14-7-6-11(2)12(3)8-14/h6-9,13,21H,5,10H2,1-4H3,(H,18,19)/t13-/m1/s1. The highest BCUT2D eigenvalue weighted by Crippen LogP contribution is 2.21. The molecule has 2 N–H and O–H groups in total. The number of H-pyrrole nitrogens is 1. The molecule has 0 bridgehead atoms. The molecule has 1 aromatic heterocycles. The van der Waals surface area contributed by atoms with Crippen LogP contribution in [0.1, 0.15) is 35.5 Å². The number of carbonyl (C=O) groups excluding carboxylic acids is 1. The molecule has 1 amide bonds. The van der Waals surface area contributed by atoms with Crippen molar-refractivity contribution in [2.24, 2.45) is 0 Å². The summed E-state index contributed by atoms with van der Waals surface area (Å²) >= 11 is 0. The Morgan fingerprint density at radius 2 is 2.05 bits per heavy atom. The molecule has 2 aromatic rings. The van der Waals surface area contributed by atoms with E-state index in [1.54, 1.807) is 17.9 Å². The van der Waals surface area contributed by atoms with Gasteiger partial charge in [0, 0.05) is 18.7 Å². The first kappa shape index (κ1) is 16.2. The van der Waals surface area contributed by atoms with Crippen LogP contribution in [-0.4, -0.2) is 45.3 Å². The smallest absolute Gasteiger partial charge is 0.271 e. The lowest BCUT2D eigenvalue weighted by Crippen LogP contribution is -2.36. The zero-order valence-electron chi connectivity index (χ0n) is 13.6. The van der Waals surface area contributed by atoms with Gasteiger partial charge in [0.2, 0.25) is 0 Å². The Morgan fingerprint density at radius 1 is 1.32 bits per heavy atom. The van der Waals surface area contributed by atoms with Crippen LogP contribution in [0.3, 0.4) is 0 Å². The van der Waals surface area contributed by atoms with Crippen molar-refractivity contribution in [1.29, 1.82) is 0 Å². The minimum atomic E-state index is -0.550. The summed E-state index contributed by atoms with van der Waals surface area (Å²) in [6, 6.07) is 7.87. The van der Waals surface area contributed by atoms with Crippen LogP contribution in [0.4, 0.5) is 0 Å². The first-order chi connectivity index (χ1) is 10.4. The van der Waals surface area contributed by atoms with Gasteiger partial charge in [-0.1, -0.05) is 12.1 Å². The molecule has 0 saturated carbocycles. The number of likely N-dealkylation sites (N-methyl/N-ethyl adjacent to an activating group) is 1. The summed E-state index contributed by atoms with van der Waals surface area (Å²) in [5, 5.41) is 16.5. The van der Waals surface area contributed by atoms with Crippen molar-refractivity contribution in [3.63, 3.8) is 0 Å². The Morgan fingerprint density at radius 3 is 2.64 bits per heavy atom. The van der Waals surface area contributed by atoms with Gasteiger partial charge >= 0.3 is 0 Å². The molecule has 1 heterocycles. The monoisotopic (exact) mass is 301 g/mol. The molecule has 0 saturated heterocycles. The molecule has 0 unspecified atom stereocenters. The summed E-state index contributed by atoms with van der Waals surface area (Å²) in [5.74, 6) is -0.147. The molecule has 0 fully saturated rings. The first-order valence-electron chi connectivity index (χ1n) is 7.52. The number of rotatable bonds is 5. The number of amides is 1. The van der Waals surface area contributed by atoms with Crippen molar-refractivity contribution in [3.8, 4) is 11.3 Å². The summed E-state index contributed by atoms with van der Waals surface area (Å²) in [7, 11) is 0. The van der Waals surface area contributed by atoms with Crippen LogP contribution in [0.2, 0.25) is 0 Å². The highest BCUT2D eigenvalue weighted by Gasteiger charge is 2.18. The maximum Gasteiger partial charge on any atom is 0.271 e. The van der Waals surface area contributed by atoms with Crippen molar-refractivity contribution in [2.75, 3.05) is 13.1 Å². The summed E-state index contributed by atoms with van der Waals surface area (Å²) in [5.41, 5.74) is 4.59. The topological polar surface area (TPSA) is 69.2 Å². The molecule has 0 aliphatic rings. The normalized spacial score (nSPS) is 12.2. The van der Waals surface area contributed by atoms with Crippen molar-refractivity contribution in [3.05, 3.63) is 41.1 Å². The van der Waals surface area contributed by atoms with Gasteiger partial charge in [0.25, 0.3) is 5.91 Å². The average molecular weight is 301 g/mol. The number of benzene rings is 1. The van der Waals surface area contributed by atoms with E-state index in [0.717, 1.165) is 11.3 Å². The van der Waals surface area contributed by atoms with E-state index in [2.05, 4.69) is 30.1 Å². The Balaban J connectivity index is 2.23. The lowest BCUT2D eigenvalue weighted by molar-refractivity contribution is 0.0654. The zero-order chi connectivity index (χ0) is 16.3. The molecule has 5 nitrogen and oxygen atoms in total. The number of carbonyl (C=O) groups is 1. The van der Waals surface area contributed by atoms with Crippen LogP contribution < -0.4 is 0 Å². The quantitative estimate of drug-likeness (QED) is 0.891. The van der Waals surface area contributed by atoms with E-state index in [1.807, 2.05) is 19.1 Å². The summed E-state index contributed by atoms with van der Waals surface area (Å²) in [6.45, 7) is 8.53. The van der Waals surface area contributed by atoms with Crippen molar-refractivity contribution in [1.82, 2.24) is 15.1 Å². The van der Waals surface area contributed by atoms with E-state index in [4.69, 9.17) is 0 Å². The molecule has 1 aromatic carbocycles. The molecular formula is C17H23N3O2. The molecule has 0 aliphatic carbocycles. The third-order valence-corrected chi connectivity index (χ3v) is 3.76. The number of aryl methyl sites for hydroxylation is 2. The third kappa shape index (κ3) is 3.54. The predicted octanol–water partition coefficient (Wildman–Crippen LogP) is 2.54. The Labute approximate surface area is 131 Å². The second kappa shape index (κ2) is 6.75. The largest absolute Gasteiger partial charge is 0.392 e. The van der Waals surface area contributed by atoms with Gasteiger partial charge in [-0.2, -0.15) is 5.10 Å². The Hall–Kier alpha value is -2.14. The van der Waals surface area contributed by atoms with Crippen LogP contribution in [0.5, 0.6) is 0 Å². The van der Waals surface area contributed by atoms with Crippen LogP contribution in [0, 0.1) is 13.8 Å². The highest BCUT2D eigenvalue weighted by molar-refractivity contribution is 5.93. The molecule has 2 rings (SSSR count). The van der Waals surface area contributed by atoms with E-state index in [9.17, 15) is 9.90 Å². The number of nitrogens with one attached hydrogen (secondary N) is 1. The zero-order valence-corrected chi connectivity index (χ0v) is 13.6. The summed E-state index contributed by atoms with van der Waals surface area (Å²) in [4.78, 5) is 14.0.